The molecule has 0 aromatic carbocycles. The standard InChI is InChI=1S/C13H23NO4/c1-5-17-10(15)13(7-6-8-13)9-14-11(16)18-12(2,3)4/h5-9H2,1-4H3,(H,14,16). The van der Waals surface area contributed by atoms with E-state index in [1.165, 1.54) is 0 Å². The zero-order valence-electron chi connectivity index (χ0n) is 11.7. The summed E-state index contributed by atoms with van der Waals surface area (Å²) in [5.74, 6) is -0.215. The summed E-state index contributed by atoms with van der Waals surface area (Å²) in [6.07, 6.45) is 2.04. The third-order valence-electron chi connectivity index (χ3n) is 2.99. The molecule has 0 saturated heterocycles. The van der Waals surface area contributed by atoms with Crippen LogP contribution >= 0.6 is 0 Å². The van der Waals surface area contributed by atoms with Crippen LogP contribution in [0.1, 0.15) is 47.0 Å². The summed E-state index contributed by atoms with van der Waals surface area (Å²) in [4.78, 5) is 23.4. The number of alkyl carbamates (subject to hydrolysis) is 1. The Morgan fingerprint density at radius 3 is 2.28 bits per heavy atom. The second kappa shape index (κ2) is 5.59. The second-order valence-electron chi connectivity index (χ2n) is 5.71. The lowest BCUT2D eigenvalue weighted by molar-refractivity contribution is -0.160. The van der Waals surface area contributed by atoms with E-state index in [-0.39, 0.29) is 5.97 Å². The van der Waals surface area contributed by atoms with Crippen molar-refractivity contribution in [2.45, 2.75) is 52.6 Å². The number of nitrogens with one attached hydrogen (secondary N) is 1. The molecule has 0 bridgehead atoms. The fourth-order valence-corrected chi connectivity index (χ4v) is 1.90. The fraction of sp³-hybridized carbons (Fsp3) is 0.846. The Morgan fingerprint density at radius 2 is 1.89 bits per heavy atom. The van der Waals surface area contributed by atoms with E-state index in [0.717, 1.165) is 19.3 Å². The zero-order chi connectivity index (χ0) is 13.8. The van der Waals surface area contributed by atoms with Crippen LogP contribution in [0.5, 0.6) is 0 Å². The van der Waals surface area contributed by atoms with Gasteiger partial charge < -0.3 is 14.8 Å². The van der Waals surface area contributed by atoms with Crippen molar-refractivity contribution in [3.63, 3.8) is 0 Å². The number of amides is 1. The van der Waals surface area contributed by atoms with E-state index < -0.39 is 17.1 Å². The topological polar surface area (TPSA) is 64.6 Å². The van der Waals surface area contributed by atoms with E-state index in [1.54, 1.807) is 27.7 Å². The van der Waals surface area contributed by atoms with Crippen LogP contribution in [0, 0.1) is 5.41 Å². The number of hydrogen-bond acceptors (Lipinski definition) is 4. The predicted octanol–water partition coefficient (Wildman–Crippen LogP) is 2.24. The van der Waals surface area contributed by atoms with Crippen LogP contribution in [-0.4, -0.2) is 30.8 Å². The molecule has 0 radical (unpaired) electrons. The van der Waals surface area contributed by atoms with Crippen molar-refractivity contribution in [2.75, 3.05) is 13.2 Å². The van der Waals surface area contributed by atoms with Crippen LogP contribution < -0.4 is 5.32 Å². The van der Waals surface area contributed by atoms with Crippen molar-refractivity contribution in [3.05, 3.63) is 0 Å². The smallest absolute Gasteiger partial charge is 0.407 e. The Kier molecular flexibility index (Phi) is 4.59. The maximum atomic E-state index is 11.8. The molecule has 1 saturated carbocycles. The molecule has 0 aliphatic heterocycles. The van der Waals surface area contributed by atoms with Crippen molar-refractivity contribution < 1.29 is 19.1 Å². The van der Waals surface area contributed by atoms with Gasteiger partial charge in [0.05, 0.1) is 12.0 Å². The molecule has 1 N–H and O–H groups in total. The SMILES string of the molecule is CCOC(=O)C1(CNC(=O)OC(C)(C)C)CCC1. The number of rotatable bonds is 4. The van der Waals surface area contributed by atoms with Gasteiger partial charge in [-0.15, -0.1) is 0 Å². The highest BCUT2D eigenvalue weighted by Crippen LogP contribution is 2.41. The molecule has 1 amide bonds. The van der Waals surface area contributed by atoms with Gasteiger partial charge in [-0.1, -0.05) is 6.42 Å². The first-order valence-corrected chi connectivity index (χ1v) is 6.43. The van der Waals surface area contributed by atoms with Gasteiger partial charge in [0.1, 0.15) is 5.60 Å². The molecule has 0 heterocycles. The molecule has 0 unspecified atom stereocenters. The lowest BCUT2D eigenvalue weighted by Gasteiger charge is -2.39. The molecule has 5 heteroatoms. The number of carbonyl (C=O) groups is 2. The molecule has 18 heavy (non-hydrogen) atoms. The molecule has 1 aliphatic carbocycles. The van der Waals surface area contributed by atoms with Crippen molar-refractivity contribution in [1.82, 2.24) is 5.32 Å². The lowest BCUT2D eigenvalue weighted by Crippen LogP contribution is -2.49. The van der Waals surface area contributed by atoms with E-state index >= 15 is 0 Å². The van der Waals surface area contributed by atoms with Crippen molar-refractivity contribution in [1.29, 1.82) is 0 Å². The lowest BCUT2D eigenvalue weighted by atomic mass is 9.68. The highest BCUT2D eigenvalue weighted by Gasteiger charge is 2.45. The second-order valence-corrected chi connectivity index (χ2v) is 5.71. The molecule has 0 aromatic rings. The first kappa shape index (κ1) is 14.8. The zero-order valence-corrected chi connectivity index (χ0v) is 11.7. The van der Waals surface area contributed by atoms with Crippen LogP contribution in [0.25, 0.3) is 0 Å². The van der Waals surface area contributed by atoms with Gasteiger partial charge in [0.25, 0.3) is 0 Å². The molecule has 1 rings (SSSR count). The van der Waals surface area contributed by atoms with Crippen LogP contribution in [0.3, 0.4) is 0 Å². The Hall–Kier alpha value is -1.26. The van der Waals surface area contributed by atoms with E-state index in [4.69, 9.17) is 9.47 Å². The first-order valence-electron chi connectivity index (χ1n) is 6.43. The molecule has 0 spiro atoms. The number of esters is 1. The molecular formula is C13H23NO4. The molecule has 1 fully saturated rings. The Morgan fingerprint density at radius 1 is 1.28 bits per heavy atom. The summed E-state index contributed by atoms with van der Waals surface area (Å²) in [6.45, 7) is 7.85. The monoisotopic (exact) mass is 257 g/mol. The predicted molar refractivity (Wildman–Crippen MR) is 67.2 cm³/mol. The van der Waals surface area contributed by atoms with Gasteiger partial charge in [0.15, 0.2) is 0 Å². The minimum absolute atomic E-state index is 0.215. The average Bonchev–Trinajstić information content (AvgIpc) is 2.13. The highest BCUT2D eigenvalue weighted by atomic mass is 16.6. The molecule has 5 nitrogen and oxygen atoms in total. The quantitative estimate of drug-likeness (QED) is 0.784. The summed E-state index contributed by atoms with van der Waals surface area (Å²) in [5, 5.41) is 2.66. The van der Waals surface area contributed by atoms with Crippen molar-refractivity contribution in [3.8, 4) is 0 Å². The largest absolute Gasteiger partial charge is 0.466 e. The number of hydrogen-bond donors (Lipinski definition) is 1. The van der Waals surface area contributed by atoms with Crippen LogP contribution in [-0.2, 0) is 14.3 Å². The Balaban J connectivity index is 2.45. The van der Waals surface area contributed by atoms with Gasteiger partial charge in [0, 0.05) is 6.54 Å². The van der Waals surface area contributed by atoms with E-state index in [1.807, 2.05) is 0 Å². The maximum absolute atomic E-state index is 11.8. The first-order chi connectivity index (χ1) is 8.29. The van der Waals surface area contributed by atoms with Gasteiger partial charge >= 0.3 is 12.1 Å². The van der Waals surface area contributed by atoms with Gasteiger partial charge in [-0.25, -0.2) is 4.79 Å². The van der Waals surface area contributed by atoms with Crippen LogP contribution in [0.4, 0.5) is 4.79 Å². The van der Waals surface area contributed by atoms with E-state index in [9.17, 15) is 9.59 Å². The Bertz CT molecular complexity index is 315. The van der Waals surface area contributed by atoms with Crippen molar-refractivity contribution >= 4 is 12.1 Å². The van der Waals surface area contributed by atoms with Crippen LogP contribution in [0.15, 0.2) is 0 Å². The molecule has 1 aliphatic rings. The normalized spacial score (nSPS) is 17.6. The van der Waals surface area contributed by atoms with Gasteiger partial charge in [0.2, 0.25) is 0 Å². The summed E-state index contributed by atoms with van der Waals surface area (Å²) >= 11 is 0. The Labute approximate surface area is 108 Å². The fourth-order valence-electron chi connectivity index (χ4n) is 1.90. The highest BCUT2D eigenvalue weighted by molar-refractivity contribution is 5.79. The molecule has 0 aromatic heterocycles. The maximum Gasteiger partial charge on any atom is 0.407 e. The average molecular weight is 257 g/mol. The van der Waals surface area contributed by atoms with Gasteiger partial charge in [-0.3, -0.25) is 4.79 Å². The minimum Gasteiger partial charge on any atom is -0.466 e. The minimum atomic E-state index is -0.535. The summed E-state index contributed by atoms with van der Waals surface area (Å²) in [6, 6.07) is 0. The number of ether oxygens (including phenoxy) is 2. The molecule has 0 atom stereocenters. The van der Waals surface area contributed by atoms with Crippen molar-refractivity contribution in [2.24, 2.45) is 5.41 Å². The third kappa shape index (κ3) is 3.89. The van der Waals surface area contributed by atoms with E-state index in [0.29, 0.717) is 13.2 Å². The summed E-state index contributed by atoms with van der Waals surface area (Å²) < 4.78 is 10.2. The van der Waals surface area contributed by atoms with Gasteiger partial charge in [-0.05, 0) is 40.5 Å². The molecular weight excluding hydrogens is 234 g/mol. The third-order valence-corrected chi connectivity index (χ3v) is 2.99. The molecule has 104 valence electrons. The summed E-state index contributed by atoms with van der Waals surface area (Å²) in [5.41, 5.74) is -1.06. The van der Waals surface area contributed by atoms with Crippen LogP contribution in [0.2, 0.25) is 0 Å². The van der Waals surface area contributed by atoms with E-state index in [2.05, 4.69) is 5.32 Å². The van der Waals surface area contributed by atoms with Gasteiger partial charge in [-0.2, -0.15) is 0 Å². The summed E-state index contributed by atoms with van der Waals surface area (Å²) in [7, 11) is 0. The number of carbonyl (C=O) groups excluding carboxylic acids is 2.